The van der Waals surface area contributed by atoms with Crippen LogP contribution in [0.2, 0.25) is 0 Å². The lowest BCUT2D eigenvalue weighted by Gasteiger charge is -2.02. The molecule has 1 heterocycles. The highest BCUT2D eigenvalue weighted by Crippen LogP contribution is 2.23. The van der Waals surface area contributed by atoms with Crippen molar-refractivity contribution in [3.8, 4) is 0 Å². The Kier molecular flexibility index (Phi) is 2.59. The van der Waals surface area contributed by atoms with E-state index in [1.165, 1.54) is 13.3 Å². The molecule has 0 bridgehead atoms. The molecule has 78 valence electrons. The Morgan fingerprint density at radius 3 is 3.07 bits per heavy atom. The number of carbonyl (C=O) groups excluding carboxylic acids is 1. The molecule has 6 heteroatoms. The van der Waals surface area contributed by atoms with Crippen LogP contribution in [0.5, 0.6) is 0 Å². The van der Waals surface area contributed by atoms with Crippen LogP contribution in [0.4, 0.5) is 3.89 Å². The average Bonchev–Trinajstić information content (AvgIpc) is 2.70. The van der Waals surface area contributed by atoms with Crippen molar-refractivity contribution in [3.05, 3.63) is 30.0 Å². The van der Waals surface area contributed by atoms with Crippen LogP contribution in [-0.2, 0) is 4.74 Å². The number of ether oxygens (including phenoxy) is 1. The Balaban J connectivity index is 2.72. The fourth-order valence-electron chi connectivity index (χ4n) is 1.38. The molecule has 0 aliphatic rings. The normalized spacial score (nSPS) is 10.5. The van der Waals surface area contributed by atoms with Crippen LogP contribution < -0.4 is 0 Å². The fourth-order valence-corrected chi connectivity index (χ4v) is 1.73. The summed E-state index contributed by atoms with van der Waals surface area (Å²) in [6.45, 7) is 0. The molecule has 0 spiro atoms. The molecule has 0 aliphatic heterocycles. The predicted octanol–water partition coefficient (Wildman–Crippen LogP) is 2.20. The first kappa shape index (κ1) is 9.97. The maximum atomic E-state index is 12.5. The number of esters is 1. The van der Waals surface area contributed by atoms with Gasteiger partial charge in [-0.3, -0.25) is 0 Å². The Bertz CT molecular complexity index is 512. The van der Waals surface area contributed by atoms with E-state index < -0.39 is 5.97 Å². The minimum Gasteiger partial charge on any atom is -0.465 e. The fraction of sp³-hybridized carbons (Fsp3) is 0.111. The summed E-state index contributed by atoms with van der Waals surface area (Å²) >= 11 is -0.0552. The molecule has 0 saturated carbocycles. The molecule has 0 N–H and O–H groups in total. The summed E-state index contributed by atoms with van der Waals surface area (Å²) in [6.07, 6.45) is 1.49. The van der Waals surface area contributed by atoms with Gasteiger partial charge in [-0.15, -0.1) is 3.89 Å². The van der Waals surface area contributed by atoms with Crippen LogP contribution in [0.15, 0.2) is 24.4 Å². The summed E-state index contributed by atoms with van der Waals surface area (Å²) < 4.78 is 18.1. The summed E-state index contributed by atoms with van der Waals surface area (Å²) in [4.78, 5) is 11.4. The number of fused-ring (bicyclic) bond motifs is 1. The summed E-state index contributed by atoms with van der Waals surface area (Å²) in [5.41, 5.74) is 0.731. The Morgan fingerprint density at radius 1 is 1.60 bits per heavy atom. The van der Waals surface area contributed by atoms with Gasteiger partial charge < -0.3 is 4.74 Å². The van der Waals surface area contributed by atoms with Gasteiger partial charge in [-0.25, -0.2) is 4.79 Å². The van der Waals surface area contributed by atoms with Gasteiger partial charge in [-0.2, -0.15) is 9.19 Å². The van der Waals surface area contributed by atoms with E-state index in [1.54, 1.807) is 18.2 Å². The van der Waals surface area contributed by atoms with Crippen LogP contribution in [-0.4, -0.2) is 22.3 Å². The minimum absolute atomic E-state index is 0.0552. The second kappa shape index (κ2) is 3.90. The van der Waals surface area contributed by atoms with E-state index in [0.717, 1.165) is 4.09 Å². The summed E-state index contributed by atoms with van der Waals surface area (Å²) in [7, 11) is 1.28. The molecule has 0 atom stereocenters. The molecule has 0 radical (unpaired) electrons. The van der Waals surface area contributed by atoms with Gasteiger partial charge in [0.05, 0.1) is 24.4 Å². The summed E-state index contributed by atoms with van der Waals surface area (Å²) in [5.74, 6) is -0.503. The summed E-state index contributed by atoms with van der Waals surface area (Å²) in [5, 5.41) is 4.49. The van der Waals surface area contributed by atoms with Crippen molar-refractivity contribution in [1.29, 1.82) is 0 Å². The lowest BCUT2D eigenvalue weighted by atomic mass is 10.1. The maximum Gasteiger partial charge on any atom is 0.340 e. The zero-order valence-electron chi connectivity index (χ0n) is 7.81. The van der Waals surface area contributed by atoms with Crippen LogP contribution in [0, 0.1) is 0 Å². The Labute approximate surface area is 89.4 Å². The SMILES string of the molecule is COC(=O)c1cccc2cnn(SF)c12. The number of hydrogen-bond acceptors (Lipinski definition) is 4. The van der Waals surface area contributed by atoms with E-state index in [9.17, 15) is 8.68 Å². The van der Waals surface area contributed by atoms with E-state index in [0.29, 0.717) is 16.5 Å². The van der Waals surface area contributed by atoms with Crippen molar-refractivity contribution < 1.29 is 13.4 Å². The largest absolute Gasteiger partial charge is 0.465 e. The first-order valence-corrected chi connectivity index (χ1v) is 4.79. The number of rotatable bonds is 2. The Hall–Kier alpha value is -1.56. The maximum absolute atomic E-state index is 12.5. The number of carbonyl (C=O) groups is 1. The zero-order valence-corrected chi connectivity index (χ0v) is 8.62. The second-order valence-electron chi connectivity index (χ2n) is 2.82. The topological polar surface area (TPSA) is 44.1 Å². The number of para-hydroxylation sites is 1. The highest BCUT2D eigenvalue weighted by molar-refractivity contribution is 7.92. The molecule has 0 unspecified atom stereocenters. The third-order valence-corrected chi connectivity index (χ3v) is 2.44. The monoisotopic (exact) mass is 226 g/mol. The van der Waals surface area contributed by atoms with Crippen LogP contribution in [0.25, 0.3) is 10.9 Å². The van der Waals surface area contributed by atoms with Gasteiger partial charge in [0.15, 0.2) is 12.3 Å². The molecule has 0 aliphatic carbocycles. The van der Waals surface area contributed by atoms with Gasteiger partial charge in [0.25, 0.3) is 0 Å². The molecule has 4 nitrogen and oxygen atoms in total. The number of methoxy groups -OCH3 is 1. The van der Waals surface area contributed by atoms with Crippen molar-refractivity contribution in [1.82, 2.24) is 9.19 Å². The molecular formula is C9H7FN2O2S. The van der Waals surface area contributed by atoms with Crippen molar-refractivity contribution >= 4 is 29.2 Å². The van der Waals surface area contributed by atoms with Crippen molar-refractivity contribution in [3.63, 3.8) is 0 Å². The van der Waals surface area contributed by atoms with E-state index in [1.807, 2.05) is 0 Å². The van der Waals surface area contributed by atoms with Gasteiger partial charge in [-0.05, 0) is 6.07 Å². The van der Waals surface area contributed by atoms with Crippen molar-refractivity contribution in [2.45, 2.75) is 0 Å². The van der Waals surface area contributed by atoms with Crippen molar-refractivity contribution in [2.75, 3.05) is 7.11 Å². The van der Waals surface area contributed by atoms with E-state index in [-0.39, 0.29) is 12.3 Å². The van der Waals surface area contributed by atoms with Crippen molar-refractivity contribution in [2.24, 2.45) is 0 Å². The quantitative estimate of drug-likeness (QED) is 0.736. The van der Waals surface area contributed by atoms with E-state index >= 15 is 0 Å². The number of aromatic nitrogens is 2. The molecule has 2 rings (SSSR count). The van der Waals surface area contributed by atoms with Gasteiger partial charge in [0.1, 0.15) is 0 Å². The minimum atomic E-state index is -0.503. The molecule has 2 aromatic rings. The van der Waals surface area contributed by atoms with Gasteiger partial charge in [-0.1, -0.05) is 12.1 Å². The first-order chi connectivity index (χ1) is 7.27. The first-order valence-electron chi connectivity index (χ1n) is 4.12. The molecule has 0 amide bonds. The third kappa shape index (κ3) is 1.56. The second-order valence-corrected chi connectivity index (χ2v) is 3.31. The van der Waals surface area contributed by atoms with E-state index in [2.05, 4.69) is 9.84 Å². The lowest BCUT2D eigenvalue weighted by molar-refractivity contribution is 0.0602. The molecular weight excluding hydrogens is 219 g/mol. The van der Waals surface area contributed by atoms with Crippen LogP contribution in [0.3, 0.4) is 0 Å². The van der Waals surface area contributed by atoms with Gasteiger partial charge >= 0.3 is 5.97 Å². The molecule has 1 aromatic carbocycles. The number of hydrogen-bond donors (Lipinski definition) is 0. The number of halogens is 1. The molecule has 0 fully saturated rings. The number of nitrogens with zero attached hydrogens (tertiary/aromatic N) is 2. The van der Waals surface area contributed by atoms with Crippen LogP contribution in [0.1, 0.15) is 10.4 Å². The standard InChI is InChI=1S/C9H7FN2O2S/c1-14-9(13)7-4-2-3-6-5-11-12(15-10)8(6)7/h2-5H,1H3. The molecule has 1 aromatic heterocycles. The highest BCUT2D eigenvalue weighted by atomic mass is 32.2. The average molecular weight is 226 g/mol. The molecule has 0 saturated heterocycles. The van der Waals surface area contributed by atoms with Crippen LogP contribution >= 0.6 is 12.3 Å². The lowest BCUT2D eigenvalue weighted by Crippen LogP contribution is -2.03. The number of benzene rings is 1. The third-order valence-electron chi connectivity index (χ3n) is 2.03. The molecule has 15 heavy (non-hydrogen) atoms. The summed E-state index contributed by atoms with van der Waals surface area (Å²) in [6, 6.07) is 5.02. The van der Waals surface area contributed by atoms with Gasteiger partial charge in [0, 0.05) is 5.39 Å². The smallest absolute Gasteiger partial charge is 0.340 e. The van der Waals surface area contributed by atoms with E-state index in [4.69, 9.17) is 0 Å². The zero-order chi connectivity index (χ0) is 10.8. The predicted molar refractivity (Wildman–Crippen MR) is 55.2 cm³/mol. The Morgan fingerprint density at radius 2 is 2.40 bits per heavy atom. The van der Waals surface area contributed by atoms with Gasteiger partial charge in [0.2, 0.25) is 0 Å². The highest BCUT2D eigenvalue weighted by Gasteiger charge is 2.14.